The first kappa shape index (κ1) is 15.5. The molecule has 0 radical (unpaired) electrons. The molecule has 7 nitrogen and oxygen atoms in total. The number of hydrogen-bond acceptors (Lipinski definition) is 5. The van der Waals surface area contributed by atoms with Gasteiger partial charge in [0.2, 0.25) is 5.91 Å². The molecule has 1 atom stereocenters. The lowest BCUT2D eigenvalue weighted by Crippen LogP contribution is -2.23. The number of nitrogens with one attached hydrogen (secondary N) is 2. The van der Waals surface area contributed by atoms with Crippen LogP contribution in [0.1, 0.15) is 42.6 Å². The van der Waals surface area contributed by atoms with Crippen LogP contribution in [-0.4, -0.2) is 39.4 Å². The van der Waals surface area contributed by atoms with Crippen molar-refractivity contribution in [3.63, 3.8) is 0 Å². The van der Waals surface area contributed by atoms with E-state index in [1.807, 2.05) is 26.0 Å². The quantitative estimate of drug-likeness (QED) is 0.874. The molecule has 0 aliphatic carbocycles. The summed E-state index contributed by atoms with van der Waals surface area (Å²) in [5.74, 6) is 1.34. The fourth-order valence-electron chi connectivity index (χ4n) is 2.90. The van der Waals surface area contributed by atoms with Crippen LogP contribution in [0.4, 0.5) is 5.82 Å². The number of amides is 1. The molecule has 3 heterocycles. The van der Waals surface area contributed by atoms with Crippen molar-refractivity contribution in [3.05, 3.63) is 35.3 Å². The monoisotopic (exact) mass is 314 g/mol. The van der Waals surface area contributed by atoms with Gasteiger partial charge in [0, 0.05) is 43.2 Å². The zero-order valence-electron chi connectivity index (χ0n) is 13.5. The van der Waals surface area contributed by atoms with E-state index < -0.39 is 0 Å². The predicted octanol–water partition coefficient (Wildman–Crippen LogP) is 1.53. The Kier molecular flexibility index (Phi) is 4.55. The molecule has 1 fully saturated rings. The highest BCUT2D eigenvalue weighted by atomic mass is 16.1. The van der Waals surface area contributed by atoms with E-state index in [1.54, 1.807) is 6.20 Å². The van der Waals surface area contributed by atoms with E-state index in [0.29, 0.717) is 18.9 Å². The molecule has 1 saturated heterocycles. The van der Waals surface area contributed by atoms with Crippen LogP contribution in [-0.2, 0) is 11.3 Å². The van der Waals surface area contributed by atoms with Crippen LogP contribution in [0.3, 0.4) is 0 Å². The highest BCUT2D eigenvalue weighted by Gasteiger charge is 2.28. The molecule has 0 aromatic carbocycles. The van der Waals surface area contributed by atoms with Crippen molar-refractivity contribution in [2.75, 3.05) is 18.0 Å². The minimum atomic E-state index is 0.0557. The Bertz CT molecular complexity index is 665. The van der Waals surface area contributed by atoms with Gasteiger partial charge in [-0.05, 0) is 25.5 Å². The summed E-state index contributed by atoms with van der Waals surface area (Å²) in [5, 5.41) is 18.6. The van der Waals surface area contributed by atoms with Gasteiger partial charge in [-0.1, -0.05) is 6.92 Å². The van der Waals surface area contributed by atoms with E-state index in [0.717, 1.165) is 42.3 Å². The largest absolute Gasteiger partial charge is 0.354 e. The molecule has 122 valence electrons. The summed E-state index contributed by atoms with van der Waals surface area (Å²) in [4.78, 5) is 13.7. The predicted molar refractivity (Wildman–Crippen MR) is 87.1 cm³/mol. The number of rotatable bonds is 5. The lowest BCUT2D eigenvalue weighted by molar-refractivity contribution is -0.120. The van der Waals surface area contributed by atoms with Crippen LogP contribution in [0.5, 0.6) is 0 Å². The van der Waals surface area contributed by atoms with Gasteiger partial charge < -0.3 is 10.2 Å². The van der Waals surface area contributed by atoms with Crippen LogP contribution in [0.15, 0.2) is 18.3 Å². The van der Waals surface area contributed by atoms with Crippen LogP contribution in [0, 0.1) is 6.92 Å². The Labute approximate surface area is 135 Å². The molecule has 1 unspecified atom stereocenters. The average Bonchev–Trinajstić information content (AvgIpc) is 3.22. The minimum absolute atomic E-state index is 0.0557. The van der Waals surface area contributed by atoms with Gasteiger partial charge in [-0.3, -0.25) is 9.89 Å². The van der Waals surface area contributed by atoms with Gasteiger partial charge in [0.1, 0.15) is 0 Å². The van der Waals surface area contributed by atoms with Gasteiger partial charge in [-0.2, -0.15) is 10.2 Å². The highest BCUT2D eigenvalue weighted by molar-refractivity contribution is 5.75. The highest BCUT2D eigenvalue weighted by Crippen LogP contribution is 2.30. The third-order valence-corrected chi connectivity index (χ3v) is 4.25. The van der Waals surface area contributed by atoms with E-state index in [9.17, 15) is 4.79 Å². The maximum atomic E-state index is 11.4. The first-order valence-electron chi connectivity index (χ1n) is 8.01. The number of aromatic nitrogens is 4. The molecule has 23 heavy (non-hydrogen) atoms. The summed E-state index contributed by atoms with van der Waals surface area (Å²) in [5.41, 5.74) is 3.10. The lowest BCUT2D eigenvalue weighted by atomic mass is 10.0. The van der Waals surface area contributed by atoms with Crippen LogP contribution >= 0.6 is 0 Å². The summed E-state index contributed by atoms with van der Waals surface area (Å²) in [6, 6.07) is 4.00. The minimum Gasteiger partial charge on any atom is -0.354 e. The Morgan fingerprint density at radius 2 is 2.30 bits per heavy atom. The molecule has 0 bridgehead atoms. The molecule has 0 spiro atoms. The van der Waals surface area contributed by atoms with Gasteiger partial charge in [-0.25, -0.2) is 0 Å². The molecule has 0 saturated carbocycles. The summed E-state index contributed by atoms with van der Waals surface area (Å²) < 4.78 is 0. The van der Waals surface area contributed by atoms with Crippen LogP contribution in [0.2, 0.25) is 0 Å². The Morgan fingerprint density at radius 1 is 1.43 bits per heavy atom. The normalized spacial score (nSPS) is 17.5. The van der Waals surface area contributed by atoms with E-state index in [-0.39, 0.29) is 5.91 Å². The Hall–Kier alpha value is -2.44. The summed E-state index contributed by atoms with van der Waals surface area (Å²) in [7, 11) is 0. The first-order chi connectivity index (χ1) is 11.2. The molecular weight excluding hydrogens is 292 g/mol. The topological polar surface area (TPSA) is 86.8 Å². The van der Waals surface area contributed by atoms with Crippen molar-refractivity contribution in [2.24, 2.45) is 0 Å². The summed E-state index contributed by atoms with van der Waals surface area (Å²) >= 11 is 0. The maximum absolute atomic E-state index is 11.4. The standard InChI is InChI=1S/C16H22N6O/c1-3-15(23)17-8-13-9-18-21-16(13)12-6-7-22(10-12)14-5-4-11(2)19-20-14/h4-5,9,12H,3,6-8,10H2,1-2H3,(H,17,23)(H,18,21). The van der Waals surface area contributed by atoms with E-state index >= 15 is 0 Å². The molecule has 2 aromatic heterocycles. The van der Waals surface area contributed by atoms with Crippen molar-refractivity contribution in [2.45, 2.75) is 39.2 Å². The number of nitrogens with zero attached hydrogens (tertiary/aromatic N) is 4. The van der Waals surface area contributed by atoms with Gasteiger partial charge in [-0.15, -0.1) is 5.10 Å². The number of anilines is 1. The lowest BCUT2D eigenvalue weighted by Gasteiger charge is -2.17. The van der Waals surface area contributed by atoms with Crippen molar-refractivity contribution in [3.8, 4) is 0 Å². The van der Waals surface area contributed by atoms with E-state index in [1.165, 1.54) is 0 Å². The number of carbonyl (C=O) groups excluding carboxylic acids is 1. The van der Waals surface area contributed by atoms with E-state index in [2.05, 4.69) is 30.6 Å². The summed E-state index contributed by atoms with van der Waals surface area (Å²) in [6.45, 7) is 6.14. The Balaban J connectivity index is 1.66. The zero-order chi connectivity index (χ0) is 16.2. The number of H-pyrrole nitrogens is 1. The number of hydrogen-bond donors (Lipinski definition) is 2. The molecule has 7 heteroatoms. The summed E-state index contributed by atoms with van der Waals surface area (Å²) in [6.07, 6.45) is 3.34. The van der Waals surface area contributed by atoms with Gasteiger partial charge >= 0.3 is 0 Å². The van der Waals surface area contributed by atoms with Gasteiger partial charge in [0.05, 0.1) is 11.9 Å². The zero-order valence-corrected chi connectivity index (χ0v) is 13.5. The molecule has 2 N–H and O–H groups in total. The van der Waals surface area contributed by atoms with Crippen molar-refractivity contribution >= 4 is 11.7 Å². The third kappa shape index (κ3) is 3.49. The molecule has 1 amide bonds. The smallest absolute Gasteiger partial charge is 0.219 e. The third-order valence-electron chi connectivity index (χ3n) is 4.25. The van der Waals surface area contributed by atoms with E-state index in [4.69, 9.17) is 0 Å². The molecule has 2 aromatic rings. The van der Waals surface area contributed by atoms with Crippen LogP contribution < -0.4 is 10.2 Å². The molecule has 1 aliphatic heterocycles. The second-order valence-corrected chi connectivity index (χ2v) is 5.90. The second kappa shape index (κ2) is 6.76. The number of aryl methyl sites for hydroxylation is 1. The van der Waals surface area contributed by atoms with Gasteiger partial charge in [0.15, 0.2) is 5.82 Å². The number of carbonyl (C=O) groups is 1. The fraction of sp³-hybridized carbons (Fsp3) is 0.500. The van der Waals surface area contributed by atoms with Crippen molar-refractivity contribution in [1.82, 2.24) is 25.7 Å². The van der Waals surface area contributed by atoms with Crippen molar-refractivity contribution in [1.29, 1.82) is 0 Å². The fourth-order valence-corrected chi connectivity index (χ4v) is 2.90. The van der Waals surface area contributed by atoms with Crippen molar-refractivity contribution < 1.29 is 4.79 Å². The van der Waals surface area contributed by atoms with Crippen LogP contribution in [0.25, 0.3) is 0 Å². The average molecular weight is 314 g/mol. The Morgan fingerprint density at radius 3 is 3.04 bits per heavy atom. The SMILES string of the molecule is CCC(=O)NCc1cn[nH]c1C1CCN(c2ccc(C)nn2)C1. The number of aromatic amines is 1. The first-order valence-corrected chi connectivity index (χ1v) is 8.01. The molecule has 1 aliphatic rings. The molecule has 3 rings (SSSR count). The maximum Gasteiger partial charge on any atom is 0.219 e. The second-order valence-electron chi connectivity index (χ2n) is 5.90. The van der Waals surface area contributed by atoms with Gasteiger partial charge in [0.25, 0.3) is 0 Å². The molecular formula is C16H22N6O.